The molecule has 10 atom stereocenters. The summed E-state index contributed by atoms with van der Waals surface area (Å²) >= 11 is 6.07. The molecule has 1 aromatic carbocycles. The van der Waals surface area contributed by atoms with Crippen LogP contribution in [0.15, 0.2) is 30.4 Å². The van der Waals surface area contributed by atoms with E-state index in [1.54, 1.807) is 6.07 Å². The second-order valence-electron chi connectivity index (χ2n) is 20.1. The fraction of sp³-hybridized carbons (Fsp3) is 0.761. The molecule has 10 heteroatoms. The van der Waals surface area contributed by atoms with Gasteiger partial charge in [-0.3, -0.25) is 14.5 Å². The maximum atomic E-state index is 14.5. The van der Waals surface area contributed by atoms with Crippen LogP contribution in [0.3, 0.4) is 0 Å². The van der Waals surface area contributed by atoms with Gasteiger partial charge in [0.25, 0.3) is 0 Å². The molecule has 56 heavy (non-hydrogen) atoms. The Morgan fingerprint density at radius 1 is 0.875 bits per heavy atom. The molecule has 0 spiro atoms. The number of aliphatic hydroxyl groups excluding tert-OH is 1. The highest BCUT2D eigenvalue weighted by Gasteiger charge is 2.72. The van der Waals surface area contributed by atoms with Crippen molar-refractivity contribution in [3.05, 3.63) is 46.8 Å². The number of amides is 1. The third kappa shape index (κ3) is 6.66. The normalized spacial score (nSPS) is 39.1. The van der Waals surface area contributed by atoms with Gasteiger partial charge < -0.3 is 19.5 Å². The minimum absolute atomic E-state index is 0.0347. The molecule has 1 amide bonds. The van der Waals surface area contributed by atoms with Crippen LogP contribution in [0.25, 0.3) is 0 Å². The average molecular weight is 797 g/mol. The molecule has 1 N–H and O–H groups in total. The van der Waals surface area contributed by atoms with Crippen molar-refractivity contribution in [2.75, 3.05) is 45.9 Å². The van der Waals surface area contributed by atoms with Crippen molar-refractivity contribution in [1.82, 2.24) is 9.80 Å². The standard InChI is InChI=1S/C46H66ClFN2O6/c1-29(2)30-13-19-46(21-20-44(6)32(38(30)46)11-12-36-43(5)17-15-37(51)42(3,4)35(43)14-18-45(36,44)7)41(54)56-28-26-49-22-24-50(25-23-49)39(52)40(53)55-27-16-31-33(47)9-8-10-34(31)48/h8-10,30,32,35-38,51H,1,11-28H2,2-7H3. The van der Waals surface area contributed by atoms with Crippen LogP contribution in [0.2, 0.25) is 5.02 Å². The van der Waals surface area contributed by atoms with Gasteiger partial charge in [-0.1, -0.05) is 64.4 Å². The fourth-order valence-electron chi connectivity index (χ4n) is 14.3. The van der Waals surface area contributed by atoms with E-state index in [0.29, 0.717) is 63.0 Å². The summed E-state index contributed by atoms with van der Waals surface area (Å²) in [5.41, 5.74) is 1.40. The molecule has 5 saturated carbocycles. The van der Waals surface area contributed by atoms with Crippen molar-refractivity contribution in [2.24, 2.45) is 56.7 Å². The maximum Gasteiger partial charge on any atom is 0.397 e. The molecule has 6 fully saturated rings. The van der Waals surface area contributed by atoms with Gasteiger partial charge in [0.1, 0.15) is 12.4 Å². The lowest BCUT2D eigenvalue weighted by Crippen LogP contribution is -2.67. The zero-order chi connectivity index (χ0) is 40.4. The summed E-state index contributed by atoms with van der Waals surface area (Å²) in [5, 5.41) is 11.4. The molecule has 7 rings (SSSR count). The number of hydrogen-bond donors (Lipinski definition) is 1. The summed E-state index contributed by atoms with van der Waals surface area (Å²) < 4.78 is 25.5. The van der Waals surface area contributed by atoms with Crippen molar-refractivity contribution in [3.8, 4) is 0 Å². The number of allylic oxidation sites excluding steroid dienone is 1. The summed E-state index contributed by atoms with van der Waals surface area (Å²) in [5.74, 6) is -0.0507. The number of benzene rings is 1. The van der Waals surface area contributed by atoms with E-state index in [2.05, 4.69) is 53.0 Å². The Labute approximate surface area is 339 Å². The zero-order valence-electron chi connectivity index (χ0n) is 34.8. The van der Waals surface area contributed by atoms with Gasteiger partial charge in [0.05, 0.1) is 18.1 Å². The van der Waals surface area contributed by atoms with Gasteiger partial charge >= 0.3 is 17.8 Å². The van der Waals surface area contributed by atoms with Crippen molar-refractivity contribution < 1.29 is 33.4 Å². The first kappa shape index (κ1) is 41.7. The molecule has 8 nitrogen and oxygen atoms in total. The van der Waals surface area contributed by atoms with Crippen molar-refractivity contribution in [2.45, 2.75) is 118 Å². The number of piperazine rings is 1. The lowest BCUT2D eigenvalue weighted by molar-refractivity contribution is -0.248. The van der Waals surface area contributed by atoms with Crippen LogP contribution in [0.1, 0.15) is 111 Å². The van der Waals surface area contributed by atoms with Crippen LogP contribution in [0.5, 0.6) is 0 Å². The molecule has 0 aromatic heterocycles. The Bertz CT molecular complexity index is 1690. The van der Waals surface area contributed by atoms with Crippen molar-refractivity contribution in [1.29, 1.82) is 0 Å². The van der Waals surface area contributed by atoms with E-state index >= 15 is 0 Å². The van der Waals surface area contributed by atoms with Gasteiger partial charge in [-0.05, 0) is 135 Å². The van der Waals surface area contributed by atoms with Crippen LogP contribution in [-0.2, 0) is 30.3 Å². The van der Waals surface area contributed by atoms with Gasteiger partial charge in [0.2, 0.25) is 0 Å². The van der Waals surface area contributed by atoms with Gasteiger partial charge in [-0.25, -0.2) is 9.18 Å². The Kier molecular flexibility index (Phi) is 11.4. The topological polar surface area (TPSA) is 96.4 Å². The molecule has 0 bridgehead atoms. The minimum atomic E-state index is -0.955. The predicted octanol–water partition coefficient (Wildman–Crippen LogP) is 8.27. The van der Waals surface area contributed by atoms with Crippen molar-refractivity contribution >= 4 is 29.4 Å². The quantitative estimate of drug-likeness (QED) is 0.161. The maximum absolute atomic E-state index is 14.5. The number of hydrogen-bond acceptors (Lipinski definition) is 7. The van der Waals surface area contributed by atoms with E-state index in [1.165, 1.54) is 35.4 Å². The summed E-state index contributed by atoms with van der Waals surface area (Å²) in [6.45, 7) is 21.6. The van der Waals surface area contributed by atoms with Crippen LogP contribution in [0.4, 0.5) is 4.39 Å². The predicted molar refractivity (Wildman–Crippen MR) is 215 cm³/mol. The van der Waals surface area contributed by atoms with E-state index in [9.17, 15) is 23.9 Å². The first-order valence-corrected chi connectivity index (χ1v) is 21.9. The third-order valence-corrected chi connectivity index (χ3v) is 17.9. The van der Waals surface area contributed by atoms with Crippen LogP contribution in [0, 0.1) is 62.5 Å². The van der Waals surface area contributed by atoms with E-state index in [1.807, 2.05) is 0 Å². The summed E-state index contributed by atoms with van der Waals surface area (Å²) in [4.78, 5) is 43.5. The molecule has 1 heterocycles. The van der Waals surface area contributed by atoms with E-state index < -0.39 is 23.1 Å². The molecule has 1 saturated heterocycles. The molecule has 1 aliphatic heterocycles. The molecule has 6 aliphatic rings. The molecule has 10 unspecified atom stereocenters. The van der Waals surface area contributed by atoms with Crippen molar-refractivity contribution in [3.63, 3.8) is 0 Å². The first-order chi connectivity index (χ1) is 26.4. The molecule has 310 valence electrons. The number of fused-ring (bicyclic) bond motifs is 7. The van der Waals surface area contributed by atoms with Gasteiger partial charge in [-0.15, -0.1) is 0 Å². The number of ether oxygens (including phenoxy) is 2. The van der Waals surface area contributed by atoms with E-state index in [-0.39, 0.29) is 63.3 Å². The smallest absolute Gasteiger partial charge is 0.397 e. The number of carbonyl (C=O) groups is 3. The van der Waals surface area contributed by atoms with Crippen LogP contribution >= 0.6 is 11.6 Å². The lowest BCUT2D eigenvalue weighted by Gasteiger charge is -2.72. The Hall–Kier alpha value is -2.49. The monoisotopic (exact) mass is 796 g/mol. The highest BCUT2D eigenvalue weighted by atomic mass is 35.5. The SMILES string of the molecule is C=C(C)C1CCC2(C(=O)OCCN3CCN(C(=O)C(=O)OCCc4c(F)cccc4Cl)CC3)CCC3(C)C(CCC4C5(C)CCC(O)C(C)(C)C5CCC43C)C12. The highest BCUT2D eigenvalue weighted by Crippen LogP contribution is 2.77. The van der Waals surface area contributed by atoms with E-state index in [0.717, 1.165) is 51.4 Å². The number of nitrogens with zero attached hydrogens (tertiary/aromatic N) is 2. The van der Waals surface area contributed by atoms with Gasteiger partial charge in [0, 0.05) is 49.7 Å². The molecule has 1 aromatic rings. The van der Waals surface area contributed by atoms with Crippen LogP contribution in [-0.4, -0.2) is 84.8 Å². The molecular formula is C46H66ClFN2O6. The number of rotatable bonds is 8. The highest BCUT2D eigenvalue weighted by molar-refractivity contribution is 6.32. The summed E-state index contributed by atoms with van der Waals surface area (Å²) in [6, 6.07) is 4.38. The number of carbonyl (C=O) groups excluding carboxylic acids is 3. The van der Waals surface area contributed by atoms with E-state index in [4.69, 9.17) is 21.1 Å². The Morgan fingerprint density at radius 3 is 2.30 bits per heavy atom. The molecule has 0 radical (unpaired) electrons. The zero-order valence-corrected chi connectivity index (χ0v) is 35.5. The number of aliphatic hydroxyl groups is 1. The number of esters is 2. The fourth-order valence-corrected chi connectivity index (χ4v) is 14.5. The molecular weight excluding hydrogens is 731 g/mol. The number of halogens is 2. The molecule has 5 aliphatic carbocycles. The van der Waals surface area contributed by atoms with Crippen LogP contribution < -0.4 is 0 Å². The lowest BCUT2D eigenvalue weighted by atomic mass is 9.32. The van der Waals surface area contributed by atoms with Gasteiger partial charge in [-0.2, -0.15) is 0 Å². The minimum Gasteiger partial charge on any atom is -0.464 e. The summed E-state index contributed by atoms with van der Waals surface area (Å²) in [7, 11) is 0. The Morgan fingerprint density at radius 2 is 1.61 bits per heavy atom. The average Bonchev–Trinajstić information content (AvgIpc) is 3.56. The largest absolute Gasteiger partial charge is 0.464 e. The third-order valence-electron chi connectivity index (χ3n) is 17.6. The van der Waals surface area contributed by atoms with Gasteiger partial charge in [0.15, 0.2) is 0 Å². The first-order valence-electron chi connectivity index (χ1n) is 21.5. The second-order valence-corrected chi connectivity index (χ2v) is 20.5. The summed E-state index contributed by atoms with van der Waals surface area (Å²) in [6.07, 6.45) is 10.3. The Balaban J connectivity index is 0.953. The second kappa shape index (κ2) is 15.3.